The molecule has 0 radical (unpaired) electrons. The van der Waals surface area contributed by atoms with Gasteiger partial charge in [-0.1, -0.05) is 6.07 Å². The summed E-state index contributed by atoms with van der Waals surface area (Å²) in [5.41, 5.74) is 1.16. The third kappa shape index (κ3) is 3.48. The van der Waals surface area contributed by atoms with Crippen molar-refractivity contribution in [3.05, 3.63) is 41.0 Å². The van der Waals surface area contributed by atoms with E-state index in [4.69, 9.17) is 0 Å². The third-order valence-corrected chi connectivity index (χ3v) is 7.89. The van der Waals surface area contributed by atoms with Crippen LogP contribution in [0.15, 0.2) is 23.1 Å². The number of hydrogen-bond acceptors (Lipinski definition) is 5. The predicted molar refractivity (Wildman–Crippen MR) is 96.0 cm³/mol. The molecule has 1 aliphatic heterocycles. The van der Waals surface area contributed by atoms with Gasteiger partial charge in [-0.3, -0.25) is 9.40 Å². The van der Waals surface area contributed by atoms with E-state index in [1.165, 1.54) is 16.8 Å². The zero-order valence-corrected chi connectivity index (χ0v) is 16.3. The fourth-order valence-corrected chi connectivity index (χ4v) is 6.37. The van der Waals surface area contributed by atoms with Crippen LogP contribution in [-0.2, 0) is 19.9 Å². The van der Waals surface area contributed by atoms with Crippen molar-refractivity contribution >= 4 is 25.5 Å². The average Bonchev–Trinajstić information content (AvgIpc) is 3.02. The molecule has 2 aromatic rings. The van der Waals surface area contributed by atoms with Gasteiger partial charge < -0.3 is 0 Å². The molecule has 0 bridgehead atoms. The molecule has 1 unspecified atom stereocenters. The first-order valence-electron chi connectivity index (χ1n) is 8.05. The quantitative estimate of drug-likeness (QED) is 0.846. The van der Waals surface area contributed by atoms with Crippen LogP contribution < -0.4 is 4.72 Å². The highest BCUT2D eigenvalue weighted by molar-refractivity contribution is 7.92. The lowest BCUT2D eigenvalue weighted by molar-refractivity contribution is 0.484. The van der Waals surface area contributed by atoms with Crippen molar-refractivity contribution in [2.24, 2.45) is 0 Å². The number of hydrogen-bond donors (Lipinski definition) is 1. The normalized spacial score (nSPS) is 19.6. The van der Waals surface area contributed by atoms with Crippen LogP contribution in [0.5, 0.6) is 0 Å². The van der Waals surface area contributed by atoms with Crippen molar-refractivity contribution in [1.82, 2.24) is 9.78 Å². The van der Waals surface area contributed by atoms with Crippen molar-refractivity contribution in [3.63, 3.8) is 0 Å². The first kappa shape index (κ1) is 18.8. The molecule has 3 rings (SSSR count). The van der Waals surface area contributed by atoms with Gasteiger partial charge in [0.25, 0.3) is 10.0 Å². The first-order valence-corrected chi connectivity index (χ1v) is 11.4. The van der Waals surface area contributed by atoms with Gasteiger partial charge in [0, 0.05) is 0 Å². The topological polar surface area (TPSA) is 98.1 Å². The van der Waals surface area contributed by atoms with Crippen LogP contribution >= 0.6 is 0 Å². The van der Waals surface area contributed by atoms with E-state index in [0.29, 0.717) is 17.7 Å². The molecule has 1 aliphatic rings. The second kappa shape index (κ2) is 6.34. The summed E-state index contributed by atoms with van der Waals surface area (Å²) >= 11 is 0. The molecule has 0 aliphatic carbocycles. The summed E-state index contributed by atoms with van der Waals surface area (Å²) in [4.78, 5) is -0.0113. The highest BCUT2D eigenvalue weighted by Crippen LogP contribution is 2.29. The Bertz CT molecular complexity index is 1080. The molecule has 1 fully saturated rings. The third-order valence-electron chi connectivity index (χ3n) is 4.51. The van der Waals surface area contributed by atoms with Gasteiger partial charge in [-0.2, -0.15) is 5.10 Å². The van der Waals surface area contributed by atoms with E-state index < -0.39 is 25.7 Å². The molecule has 26 heavy (non-hydrogen) atoms. The van der Waals surface area contributed by atoms with E-state index in [1.807, 2.05) is 0 Å². The molecule has 0 spiro atoms. The lowest BCUT2D eigenvalue weighted by Crippen LogP contribution is -2.17. The Morgan fingerprint density at radius 3 is 2.54 bits per heavy atom. The molecule has 1 saturated heterocycles. The minimum atomic E-state index is -3.99. The van der Waals surface area contributed by atoms with Crippen molar-refractivity contribution in [3.8, 4) is 0 Å². The second-order valence-corrected chi connectivity index (χ2v) is 10.4. The number of benzene rings is 1. The molecule has 1 aromatic carbocycles. The summed E-state index contributed by atoms with van der Waals surface area (Å²) in [5.74, 6) is -0.491. The number of nitrogens with one attached hydrogen (secondary N) is 1. The molecule has 10 heteroatoms. The summed E-state index contributed by atoms with van der Waals surface area (Å²) in [7, 11) is -7.12. The van der Waals surface area contributed by atoms with E-state index >= 15 is 0 Å². The lowest BCUT2D eigenvalue weighted by Gasteiger charge is -2.12. The monoisotopic (exact) mass is 401 g/mol. The van der Waals surface area contributed by atoms with Gasteiger partial charge in [0.15, 0.2) is 9.84 Å². The van der Waals surface area contributed by atoms with Gasteiger partial charge in [-0.05, 0) is 44.9 Å². The van der Waals surface area contributed by atoms with Crippen molar-refractivity contribution < 1.29 is 21.2 Å². The Morgan fingerprint density at radius 2 is 1.96 bits per heavy atom. The largest absolute Gasteiger partial charge is 0.279 e. The Labute approximate surface area is 152 Å². The van der Waals surface area contributed by atoms with E-state index in [2.05, 4.69) is 9.82 Å². The fraction of sp³-hybridized carbons (Fsp3) is 0.438. The summed E-state index contributed by atoms with van der Waals surface area (Å²) in [6.45, 7) is 4.73. The molecule has 142 valence electrons. The molecular weight excluding hydrogens is 381 g/mol. The Balaban J connectivity index is 1.96. The Morgan fingerprint density at radius 1 is 1.27 bits per heavy atom. The highest BCUT2D eigenvalue weighted by Gasteiger charge is 2.33. The summed E-state index contributed by atoms with van der Waals surface area (Å²) in [5, 5.41) is 4.26. The lowest BCUT2D eigenvalue weighted by atomic mass is 10.2. The molecule has 2 heterocycles. The number of sulfonamides is 1. The van der Waals surface area contributed by atoms with E-state index in [1.54, 1.807) is 20.8 Å². The minimum absolute atomic E-state index is 0.0113. The van der Waals surface area contributed by atoms with Crippen LogP contribution in [0.25, 0.3) is 0 Å². The van der Waals surface area contributed by atoms with Crippen molar-refractivity contribution in [2.75, 3.05) is 16.2 Å². The summed E-state index contributed by atoms with van der Waals surface area (Å²) < 4.78 is 66.5. The SMILES string of the molecule is Cc1ccc(NS(=O)(=O)c2c(C)nn(C3CCS(=O)(=O)C3)c2C)cc1F. The first-order chi connectivity index (χ1) is 12.0. The van der Waals surface area contributed by atoms with Crippen molar-refractivity contribution in [2.45, 2.75) is 38.1 Å². The molecule has 0 saturated carbocycles. The number of rotatable bonds is 4. The maximum atomic E-state index is 13.7. The van der Waals surface area contributed by atoms with Gasteiger partial charge in [0.1, 0.15) is 10.7 Å². The fourth-order valence-electron chi connectivity index (χ4n) is 3.22. The Kier molecular flexibility index (Phi) is 4.60. The molecule has 1 atom stereocenters. The maximum Gasteiger partial charge on any atom is 0.265 e. The second-order valence-electron chi connectivity index (χ2n) is 6.57. The van der Waals surface area contributed by atoms with Gasteiger partial charge >= 0.3 is 0 Å². The summed E-state index contributed by atoms with van der Waals surface area (Å²) in [6, 6.07) is 3.71. The zero-order valence-electron chi connectivity index (χ0n) is 14.7. The number of halogens is 1. The number of aryl methyl sites for hydroxylation is 2. The van der Waals surface area contributed by atoms with E-state index in [0.717, 1.165) is 6.07 Å². The predicted octanol–water partition coefficient (Wildman–Crippen LogP) is 2.11. The highest BCUT2D eigenvalue weighted by atomic mass is 32.2. The van der Waals surface area contributed by atoms with Crippen molar-refractivity contribution in [1.29, 1.82) is 0 Å². The van der Waals surface area contributed by atoms with Gasteiger partial charge in [-0.25, -0.2) is 21.2 Å². The number of sulfone groups is 1. The molecule has 1 N–H and O–H groups in total. The smallest absolute Gasteiger partial charge is 0.265 e. The number of anilines is 1. The zero-order chi connectivity index (χ0) is 19.3. The maximum absolute atomic E-state index is 13.7. The number of aromatic nitrogens is 2. The average molecular weight is 401 g/mol. The van der Waals surface area contributed by atoms with E-state index in [9.17, 15) is 21.2 Å². The molecular formula is C16H20FN3O4S2. The number of nitrogens with zero attached hydrogens (tertiary/aromatic N) is 2. The molecule has 1 aromatic heterocycles. The molecule has 7 nitrogen and oxygen atoms in total. The van der Waals surface area contributed by atoms with Crippen LogP contribution in [0.2, 0.25) is 0 Å². The molecule has 0 amide bonds. The standard InChI is InChI=1S/C16H20FN3O4S2/c1-10-4-5-13(8-15(10)17)19-26(23,24)16-11(2)18-20(12(16)3)14-6-7-25(21,22)9-14/h4-5,8,14,19H,6-7,9H2,1-3H3. The van der Waals surface area contributed by atoms with Crippen LogP contribution in [-0.4, -0.2) is 38.1 Å². The Hall–Kier alpha value is -1.94. The van der Waals surface area contributed by atoms with Crippen LogP contribution in [0.1, 0.15) is 29.4 Å². The van der Waals surface area contributed by atoms with Crippen LogP contribution in [0.3, 0.4) is 0 Å². The van der Waals surface area contributed by atoms with Gasteiger partial charge in [0.05, 0.1) is 34.6 Å². The van der Waals surface area contributed by atoms with Crippen LogP contribution in [0, 0.1) is 26.6 Å². The van der Waals surface area contributed by atoms with Gasteiger partial charge in [-0.15, -0.1) is 0 Å². The minimum Gasteiger partial charge on any atom is -0.279 e. The van der Waals surface area contributed by atoms with E-state index in [-0.39, 0.29) is 33.8 Å². The summed E-state index contributed by atoms with van der Waals surface area (Å²) in [6.07, 6.45) is 0.403. The van der Waals surface area contributed by atoms with Gasteiger partial charge in [0.2, 0.25) is 0 Å². The van der Waals surface area contributed by atoms with Crippen LogP contribution in [0.4, 0.5) is 10.1 Å².